The molecule has 442 valence electrons. The fourth-order valence-electron chi connectivity index (χ4n) is 11.4. The summed E-state index contributed by atoms with van der Waals surface area (Å²) in [6, 6.07) is 13.0. The van der Waals surface area contributed by atoms with Gasteiger partial charge in [0, 0.05) is 99.4 Å². The van der Waals surface area contributed by atoms with Crippen molar-refractivity contribution in [3.63, 3.8) is 0 Å². The minimum atomic E-state index is -4.59. The van der Waals surface area contributed by atoms with Crippen LogP contribution in [0.5, 0.6) is 0 Å². The highest BCUT2D eigenvalue weighted by molar-refractivity contribution is 7.59. The van der Waals surface area contributed by atoms with Crippen molar-refractivity contribution >= 4 is 94.6 Å². The summed E-state index contributed by atoms with van der Waals surface area (Å²) < 4.78 is 57.3. The Balaban J connectivity index is 0.00000344. The summed E-state index contributed by atoms with van der Waals surface area (Å²) in [6.45, 7) is 11.1. The number of likely N-dealkylation sites (tertiary alicyclic amines) is 2. The fraction of sp³-hybridized carbons (Fsp3) is 0.544. The van der Waals surface area contributed by atoms with Crippen molar-refractivity contribution in [3.8, 4) is 22.4 Å². The maximum absolute atomic E-state index is 14.8. The molecule has 4 atom stereocenters. The van der Waals surface area contributed by atoms with E-state index in [4.69, 9.17) is 9.47 Å². The summed E-state index contributed by atoms with van der Waals surface area (Å²) in [5.74, 6) is -1.95. The van der Waals surface area contributed by atoms with Crippen molar-refractivity contribution in [2.24, 2.45) is 16.7 Å². The summed E-state index contributed by atoms with van der Waals surface area (Å²) in [5, 5.41) is 4.99. The zero-order chi connectivity index (χ0) is 54.9. The maximum Gasteiger partial charge on any atom is 0.406 e. The van der Waals surface area contributed by atoms with E-state index in [2.05, 4.69) is 15.7 Å². The van der Waals surface area contributed by atoms with Crippen LogP contribution in [0.15, 0.2) is 72.9 Å². The Morgan fingerprint density at radius 2 is 1.62 bits per heavy atom. The molecule has 4 aromatic rings. The van der Waals surface area contributed by atoms with Crippen molar-refractivity contribution in [2.45, 2.75) is 110 Å². The third-order valence-corrected chi connectivity index (χ3v) is 15.5. The van der Waals surface area contributed by atoms with Gasteiger partial charge in [-0.05, 0) is 106 Å². The second kappa shape index (κ2) is 27.9. The van der Waals surface area contributed by atoms with Gasteiger partial charge in [-0.1, -0.05) is 64.1 Å². The van der Waals surface area contributed by atoms with Crippen LogP contribution in [0.2, 0.25) is 0 Å². The lowest BCUT2D eigenvalue weighted by Gasteiger charge is -2.54. The molecular weight excluding hydrogens is 1110 g/mol. The Morgan fingerprint density at radius 3 is 2.27 bits per heavy atom. The molecule has 23 heteroatoms. The molecule has 16 nitrogen and oxygen atoms in total. The van der Waals surface area contributed by atoms with E-state index >= 15 is 0 Å². The topological polar surface area (TPSA) is 162 Å². The van der Waals surface area contributed by atoms with Gasteiger partial charge in [0.05, 0.1) is 24.1 Å². The molecule has 0 radical (unpaired) electrons. The van der Waals surface area contributed by atoms with Crippen molar-refractivity contribution in [2.75, 3.05) is 74.1 Å². The Hall–Kier alpha value is -4.91. The van der Waals surface area contributed by atoms with E-state index in [1.165, 1.54) is 21.6 Å². The number of alkyl halides is 3. The number of halogens is 3. The number of carbonyl (C=O) groups is 5. The molecule has 6 heterocycles. The van der Waals surface area contributed by atoms with Crippen molar-refractivity contribution < 1.29 is 46.6 Å². The lowest BCUT2D eigenvalue weighted by Crippen LogP contribution is -2.64. The largest absolute Gasteiger partial charge is 0.464 e. The van der Waals surface area contributed by atoms with Gasteiger partial charge in [-0.2, -0.15) is 67.2 Å². The number of hydrogen-bond acceptors (Lipinski definition) is 10. The van der Waals surface area contributed by atoms with E-state index in [0.717, 1.165) is 18.4 Å². The number of nitrogens with one attached hydrogen (secondary N) is 2. The van der Waals surface area contributed by atoms with Gasteiger partial charge in [-0.3, -0.25) is 29.2 Å². The first-order chi connectivity index (χ1) is 36.0. The number of piperidine rings is 1. The molecule has 0 unspecified atom stereocenters. The lowest BCUT2D eigenvalue weighted by atomic mass is 9.72. The molecular formula is C57H82F3N9O7S4. The Bertz CT molecular complexity index is 2850. The van der Waals surface area contributed by atoms with E-state index in [0.29, 0.717) is 90.1 Å². The molecule has 5 amide bonds. The van der Waals surface area contributed by atoms with Crippen LogP contribution in [0.25, 0.3) is 33.3 Å². The predicted octanol–water partition coefficient (Wildman–Crippen LogP) is 7.86. The quantitative estimate of drug-likeness (QED) is 0.112. The van der Waals surface area contributed by atoms with Crippen LogP contribution in [-0.4, -0.2) is 162 Å². The number of benzene rings is 2. The summed E-state index contributed by atoms with van der Waals surface area (Å²) in [7, 11) is 7.02. The van der Waals surface area contributed by atoms with Crippen molar-refractivity contribution in [1.82, 2.24) is 44.9 Å². The third kappa shape index (κ3) is 15.4. The number of fused-ring (bicyclic) bond motifs is 6. The van der Waals surface area contributed by atoms with Crippen LogP contribution >= 0.6 is 54.0 Å². The highest BCUT2D eigenvalue weighted by Gasteiger charge is 2.48. The minimum absolute atomic E-state index is 0. The number of amides is 5. The smallest absolute Gasteiger partial charge is 0.406 e. The minimum Gasteiger partial charge on any atom is -0.464 e. The molecule has 4 aliphatic rings. The third-order valence-electron chi connectivity index (χ3n) is 15.5. The van der Waals surface area contributed by atoms with Crippen LogP contribution in [0.1, 0.15) is 83.2 Å². The number of nitrogens with zero attached hydrogens (tertiary/aromatic N) is 7. The molecule has 6 bridgehead atoms. The summed E-state index contributed by atoms with van der Waals surface area (Å²) in [4.78, 5) is 82.2. The Morgan fingerprint density at radius 1 is 0.938 bits per heavy atom. The Kier molecular flexibility index (Phi) is 23.6. The number of urea groups is 1. The lowest BCUT2D eigenvalue weighted by molar-refractivity contribution is -0.155. The van der Waals surface area contributed by atoms with Gasteiger partial charge in [-0.15, -0.1) is 0 Å². The molecule has 1 spiro atoms. The molecule has 2 aromatic heterocycles. The summed E-state index contributed by atoms with van der Waals surface area (Å²) >= 11 is 0. The number of ether oxygens (including phenoxy) is 2. The number of methoxy groups -OCH3 is 1. The molecule has 0 saturated carbocycles. The number of likely N-dealkylation sites (N-methyl/N-ethyl adjacent to an activating group) is 2. The van der Waals surface area contributed by atoms with E-state index in [-0.39, 0.29) is 103 Å². The monoisotopic (exact) mass is 1190 g/mol. The molecule has 0 aliphatic carbocycles. The highest BCUT2D eigenvalue weighted by Crippen LogP contribution is 2.44. The number of rotatable bonds is 11. The second-order valence-electron chi connectivity index (χ2n) is 22.7. The molecule has 4 aliphatic heterocycles. The van der Waals surface area contributed by atoms with E-state index in [9.17, 15) is 37.1 Å². The first kappa shape index (κ1) is 67.6. The van der Waals surface area contributed by atoms with Crippen molar-refractivity contribution in [3.05, 3.63) is 89.8 Å². The van der Waals surface area contributed by atoms with Gasteiger partial charge < -0.3 is 39.0 Å². The first-order valence-corrected chi connectivity index (χ1v) is 26.4. The number of hydrazine groups is 1. The number of pyridine rings is 1. The number of esters is 1. The average Bonchev–Trinajstić information content (AvgIpc) is 3.65. The highest BCUT2D eigenvalue weighted by atomic mass is 32.1. The molecule has 80 heavy (non-hydrogen) atoms. The van der Waals surface area contributed by atoms with Gasteiger partial charge in [0.1, 0.15) is 24.7 Å². The standard InChI is InChI=1S/C57H74F3N9O7.4H2S/c1-36(2)49(65(8)54(74)66-26-21-56(22-27-66)32-67(33-56)47(70)18-13-24-64(6)7)51(71)62-45-29-38-14-10-15-39(28-38)40-19-20-46-42(30-40)43(31-55(4,5)35-76-53(73)44-17-12-25-69(63-44)52(45)72)50(68(46)34-57(58,59)60)41-16-11-23-61-48(41)37(3)75-9;;;;/h10-11,13-16,18-20,23,28,30,36-37,44-45,49,63H,12,17,21-22,24-27,29,31-35H2,1-9H3,(H,62,71);4*1H2/b18-13+;;;;/t37-,44-,45-,49-;;;;/m0..../s1. The van der Waals surface area contributed by atoms with Gasteiger partial charge in [0.15, 0.2) is 0 Å². The zero-order valence-electron chi connectivity index (χ0n) is 47.3. The number of hydrogen-bond donors (Lipinski definition) is 2. The zero-order valence-corrected chi connectivity index (χ0v) is 51.3. The molecule has 2 aromatic carbocycles. The van der Waals surface area contributed by atoms with Crippen LogP contribution in [0.3, 0.4) is 0 Å². The number of carbonyl (C=O) groups excluding carboxylic acids is 5. The fourth-order valence-corrected chi connectivity index (χ4v) is 11.4. The van der Waals surface area contributed by atoms with E-state index in [1.54, 1.807) is 55.4 Å². The Labute approximate surface area is 496 Å². The van der Waals surface area contributed by atoms with Gasteiger partial charge in [0.2, 0.25) is 11.8 Å². The van der Waals surface area contributed by atoms with E-state index < -0.39 is 60.1 Å². The van der Waals surface area contributed by atoms with Crippen LogP contribution in [-0.2, 0) is 48.0 Å². The average molecular weight is 1190 g/mol. The van der Waals surface area contributed by atoms with Crippen LogP contribution in [0.4, 0.5) is 18.0 Å². The van der Waals surface area contributed by atoms with Crippen LogP contribution < -0.4 is 10.7 Å². The van der Waals surface area contributed by atoms with E-state index in [1.807, 2.05) is 88.0 Å². The SMILES string of the molecule is CO[C@@H](C)c1ncccc1-c1c2c3cc(ccc3n1CC(F)(F)F)-c1cccc(c1)C[C@H](NC(=O)[C@H](C(C)C)N(C)C(=O)N1CCC3(CC1)CN(C(=O)/C=C/CN(C)C)C3)C(=O)N1CCC[C@H](N1)C(=O)OCC(C)(C)C2.S.S.S.S. The first-order valence-electron chi connectivity index (χ1n) is 26.4. The number of cyclic esters (lactones) is 1. The summed E-state index contributed by atoms with van der Waals surface area (Å²) in [5.41, 5.74) is 6.66. The molecule has 2 N–H and O–H groups in total. The predicted molar refractivity (Wildman–Crippen MR) is 325 cm³/mol. The van der Waals surface area contributed by atoms with Crippen molar-refractivity contribution in [1.29, 1.82) is 0 Å². The summed E-state index contributed by atoms with van der Waals surface area (Å²) in [6.07, 6.45) is 2.44. The van der Waals surface area contributed by atoms with Gasteiger partial charge in [0.25, 0.3) is 5.91 Å². The van der Waals surface area contributed by atoms with Gasteiger partial charge >= 0.3 is 18.2 Å². The number of aromatic nitrogens is 2. The van der Waals surface area contributed by atoms with Gasteiger partial charge in [-0.25, -0.2) is 10.2 Å². The normalized spacial score (nSPS) is 19.9. The molecule has 8 rings (SSSR count). The second-order valence-corrected chi connectivity index (χ2v) is 22.7. The molecule has 3 fully saturated rings. The van der Waals surface area contributed by atoms with Crippen LogP contribution in [0, 0.1) is 16.7 Å². The molecule has 3 saturated heterocycles. The maximum atomic E-state index is 14.8.